The second-order valence-corrected chi connectivity index (χ2v) is 7.93. The van der Waals surface area contributed by atoms with E-state index in [2.05, 4.69) is 20.9 Å². The molecule has 5 heteroatoms. The maximum atomic E-state index is 12.7. The first-order valence-electron chi connectivity index (χ1n) is 7.45. The number of benzene rings is 1. The molecule has 1 N–H and O–H groups in total. The molecule has 4 nitrogen and oxygen atoms in total. The molecule has 2 aliphatic rings. The Bertz CT molecular complexity index is 921. The highest BCUT2D eigenvalue weighted by molar-refractivity contribution is 9.10. The zero-order valence-corrected chi connectivity index (χ0v) is 14.3. The Balaban J connectivity index is 2.07. The first-order chi connectivity index (χ1) is 10.8. The molecule has 116 valence electrons. The topological polar surface area (TPSA) is 67.0 Å². The first kappa shape index (κ1) is 14.6. The number of Topliss-reactive ketones (excluding diaryl/α,β-unsaturated/α-hetero) is 3. The molecule has 2 aliphatic carbocycles. The van der Waals surface area contributed by atoms with Crippen molar-refractivity contribution >= 4 is 33.3 Å². The van der Waals surface area contributed by atoms with Crippen LogP contribution in [0.15, 0.2) is 22.7 Å². The Morgan fingerprint density at radius 3 is 2.48 bits per heavy atom. The van der Waals surface area contributed by atoms with E-state index in [-0.39, 0.29) is 16.9 Å². The fourth-order valence-electron chi connectivity index (χ4n) is 3.65. The molecule has 0 bridgehead atoms. The molecule has 0 amide bonds. The molecular weight excluding hydrogens is 358 g/mol. The van der Waals surface area contributed by atoms with E-state index in [9.17, 15) is 14.4 Å². The van der Waals surface area contributed by atoms with Gasteiger partial charge in [0.1, 0.15) is 0 Å². The van der Waals surface area contributed by atoms with Crippen molar-refractivity contribution in [2.24, 2.45) is 5.41 Å². The lowest BCUT2D eigenvalue weighted by molar-refractivity contribution is 0.0812. The van der Waals surface area contributed by atoms with Gasteiger partial charge in [0.2, 0.25) is 11.6 Å². The van der Waals surface area contributed by atoms with Crippen LogP contribution in [-0.4, -0.2) is 22.3 Å². The minimum atomic E-state index is -0.560. The highest BCUT2D eigenvalue weighted by atomic mass is 79.9. The fourth-order valence-corrected chi connectivity index (χ4v) is 4.01. The number of H-pyrrole nitrogens is 1. The highest BCUT2D eigenvalue weighted by Gasteiger charge is 2.41. The third-order valence-electron chi connectivity index (χ3n) is 4.58. The van der Waals surface area contributed by atoms with Crippen LogP contribution in [0.4, 0.5) is 0 Å². The number of nitrogens with one attached hydrogen (secondary N) is 1. The molecular formula is C18H14BrNO3. The Morgan fingerprint density at radius 1 is 1.00 bits per heavy atom. The summed E-state index contributed by atoms with van der Waals surface area (Å²) in [6, 6.07) is 5.18. The average Bonchev–Trinajstić information content (AvgIpc) is 2.82. The molecule has 1 aromatic heterocycles. The lowest BCUT2D eigenvalue weighted by Crippen LogP contribution is -2.27. The maximum absolute atomic E-state index is 12.7. The summed E-state index contributed by atoms with van der Waals surface area (Å²) in [4.78, 5) is 40.6. The number of aromatic nitrogens is 1. The van der Waals surface area contributed by atoms with Crippen LogP contribution in [0, 0.1) is 5.41 Å². The maximum Gasteiger partial charge on any atom is 0.250 e. The molecule has 0 aliphatic heterocycles. The summed E-state index contributed by atoms with van der Waals surface area (Å²) >= 11 is 3.40. The van der Waals surface area contributed by atoms with Gasteiger partial charge in [-0.05, 0) is 35.6 Å². The molecule has 1 heterocycles. The van der Waals surface area contributed by atoms with Crippen molar-refractivity contribution in [1.82, 2.24) is 4.98 Å². The number of ketones is 3. The van der Waals surface area contributed by atoms with Gasteiger partial charge in [-0.1, -0.05) is 29.8 Å². The molecule has 2 aromatic rings. The summed E-state index contributed by atoms with van der Waals surface area (Å²) in [5.41, 5.74) is 3.09. The van der Waals surface area contributed by atoms with Crippen LogP contribution >= 0.6 is 15.9 Å². The number of carbonyl (C=O) groups excluding carboxylic acids is 3. The molecule has 0 atom stereocenters. The standard InChI is InChI=1S/C18H14BrNO3/c1-18(2)6-11-14(12(21)7-18)13-10-5-8(19)3-4-9(10)16(22)17(23)15(13)20-11/h3-5,20H,6-7H2,1-2H3. The van der Waals surface area contributed by atoms with Gasteiger partial charge >= 0.3 is 0 Å². The summed E-state index contributed by atoms with van der Waals surface area (Å²) in [6.07, 6.45) is 1.13. The van der Waals surface area contributed by atoms with E-state index in [1.165, 1.54) is 0 Å². The minimum Gasteiger partial charge on any atom is -0.354 e. The molecule has 0 radical (unpaired) electrons. The molecule has 23 heavy (non-hydrogen) atoms. The smallest absolute Gasteiger partial charge is 0.250 e. The number of hydrogen-bond donors (Lipinski definition) is 1. The van der Waals surface area contributed by atoms with E-state index >= 15 is 0 Å². The third kappa shape index (κ3) is 1.99. The van der Waals surface area contributed by atoms with Gasteiger partial charge in [-0.15, -0.1) is 0 Å². The van der Waals surface area contributed by atoms with E-state index in [0.717, 1.165) is 10.2 Å². The number of halogens is 1. The van der Waals surface area contributed by atoms with Gasteiger partial charge in [0.15, 0.2) is 5.78 Å². The predicted molar refractivity (Wildman–Crippen MR) is 89.0 cm³/mol. The lowest BCUT2D eigenvalue weighted by atomic mass is 9.74. The zero-order chi connectivity index (χ0) is 16.5. The van der Waals surface area contributed by atoms with Crippen molar-refractivity contribution in [3.63, 3.8) is 0 Å². The zero-order valence-electron chi connectivity index (χ0n) is 12.7. The molecule has 0 unspecified atom stereocenters. The molecule has 4 rings (SSSR count). The van der Waals surface area contributed by atoms with Gasteiger partial charge in [0.05, 0.1) is 5.69 Å². The Labute approximate surface area is 141 Å². The average molecular weight is 372 g/mol. The summed E-state index contributed by atoms with van der Waals surface area (Å²) < 4.78 is 0.808. The Kier molecular flexibility index (Phi) is 2.86. The van der Waals surface area contributed by atoms with E-state index in [1.807, 2.05) is 13.8 Å². The Hall–Kier alpha value is -2.01. The summed E-state index contributed by atoms with van der Waals surface area (Å²) in [6.45, 7) is 4.07. The number of carbonyl (C=O) groups is 3. The predicted octanol–water partition coefficient (Wildman–Crippen LogP) is 3.98. The largest absolute Gasteiger partial charge is 0.354 e. The summed E-state index contributed by atoms with van der Waals surface area (Å²) in [7, 11) is 0. The van der Waals surface area contributed by atoms with Crippen LogP contribution in [0.5, 0.6) is 0 Å². The highest BCUT2D eigenvalue weighted by Crippen LogP contribution is 2.44. The number of rotatable bonds is 0. The second-order valence-electron chi connectivity index (χ2n) is 7.02. The number of aromatic amines is 1. The fraction of sp³-hybridized carbons (Fsp3) is 0.278. The quantitative estimate of drug-likeness (QED) is 0.712. The summed E-state index contributed by atoms with van der Waals surface area (Å²) in [5, 5.41) is 0. The van der Waals surface area contributed by atoms with Gasteiger partial charge in [-0.3, -0.25) is 14.4 Å². The Morgan fingerprint density at radius 2 is 1.74 bits per heavy atom. The molecule has 0 fully saturated rings. The van der Waals surface area contributed by atoms with Crippen molar-refractivity contribution in [2.45, 2.75) is 26.7 Å². The van der Waals surface area contributed by atoms with Gasteiger partial charge in [0.25, 0.3) is 0 Å². The number of fused-ring (bicyclic) bond motifs is 5. The number of hydrogen-bond acceptors (Lipinski definition) is 3. The third-order valence-corrected chi connectivity index (χ3v) is 5.07. The van der Waals surface area contributed by atoms with E-state index < -0.39 is 11.6 Å². The van der Waals surface area contributed by atoms with E-state index in [1.54, 1.807) is 18.2 Å². The van der Waals surface area contributed by atoms with Gasteiger partial charge < -0.3 is 4.98 Å². The molecule has 1 aromatic carbocycles. The van der Waals surface area contributed by atoms with E-state index in [0.29, 0.717) is 35.1 Å². The van der Waals surface area contributed by atoms with Gasteiger partial charge in [-0.2, -0.15) is 0 Å². The summed E-state index contributed by atoms with van der Waals surface area (Å²) in [5.74, 6) is -1.05. The monoisotopic (exact) mass is 371 g/mol. The normalized spacial score (nSPS) is 18.5. The van der Waals surface area contributed by atoms with Crippen LogP contribution in [0.3, 0.4) is 0 Å². The molecule has 0 saturated carbocycles. The van der Waals surface area contributed by atoms with Crippen LogP contribution in [0.2, 0.25) is 0 Å². The van der Waals surface area contributed by atoms with Crippen LogP contribution in [0.25, 0.3) is 11.1 Å². The van der Waals surface area contributed by atoms with Crippen LogP contribution < -0.4 is 0 Å². The van der Waals surface area contributed by atoms with Crippen LogP contribution in [-0.2, 0) is 6.42 Å². The first-order valence-corrected chi connectivity index (χ1v) is 8.25. The molecule has 0 spiro atoms. The van der Waals surface area contributed by atoms with Crippen molar-refractivity contribution in [3.8, 4) is 11.1 Å². The van der Waals surface area contributed by atoms with Crippen molar-refractivity contribution in [1.29, 1.82) is 0 Å². The van der Waals surface area contributed by atoms with Crippen molar-refractivity contribution in [2.75, 3.05) is 0 Å². The van der Waals surface area contributed by atoms with Gasteiger partial charge in [0, 0.05) is 33.3 Å². The van der Waals surface area contributed by atoms with Crippen LogP contribution in [0.1, 0.15) is 57.2 Å². The molecule has 0 saturated heterocycles. The van der Waals surface area contributed by atoms with Crippen molar-refractivity contribution < 1.29 is 14.4 Å². The van der Waals surface area contributed by atoms with Crippen molar-refractivity contribution in [3.05, 3.63) is 45.2 Å². The second kappa shape index (κ2) is 4.51. The minimum absolute atomic E-state index is 0.0295. The van der Waals surface area contributed by atoms with Gasteiger partial charge in [-0.25, -0.2) is 0 Å². The van der Waals surface area contributed by atoms with E-state index in [4.69, 9.17) is 0 Å². The SMILES string of the molecule is CC1(C)CC(=O)c2c([nH]c3c2-c2cc(Br)ccc2C(=O)C3=O)C1. The lowest BCUT2D eigenvalue weighted by Gasteiger charge is -2.28.